The second kappa shape index (κ2) is 5.09. The third-order valence-corrected chi connectivity index (χ3v) is 5.39. The Hall–Kier alpha value is -1.88. The van der Waals surface area contributed by atoms with E-state index < -0.39 is 0 Å². The topological polar surface area (TPSA) is 46.3 Å². The lowest BCUT2D eigenvalue weighted by Gasteiger charge is -2.42. The molecule has 0 unspecified atom stereocenters. The van der Waals surface area contributed by atoms with Crippen molar-refractivity contribution >= 4 is 11.6 Å². The molecule has 2 atom stereocenters. The van der Waals surface area contributed by atoms with Crippen LogP contribution in [0.3, 0.4) is 0 Å². The van der Waals surface area contributed by atoms with Crippen LogP contribution in [0.4, 0.5) is 0 Å². The number of nitrogens with one attached hydrogen (secondary N) is 1. The number of quaternary nitrogens is 1. The summed E-state index contributed by atoms with van der Waals surface area (Å²) in [6.07, 6.45) is 2.43. The zero-order valence-corrected chi connectivity index (χ0v) is 13.1. The van der Waals surface area contributed by atoms with Gasteiger partial charge in [0.15, 0.2) is 6.04 Å². The Morgan fingerprint density at radius 2 is 1.95 bits per heavy atom. The minimum atomic E-state index is 0.0303. The number of rotatable bonds is 2. The summed E-state index contributed by atoms with van der Waals surface area (Å²) in [6, 6.07) is 8.46. The van der Waals surface area contributed by atoms with E-state index in [0.717, 1.165) is 11.3 Å². The molecule has 1 amide bonds. The number of hydrogen-bond acceptors (Lipinski definition) is 3. The molecule has 0 aromatic heterocycles. The lowest BCUT2D eigenvalue weighted by molar-refractivity contribution is -0.927. The maximum atomic E-state index is 12.1. The van der Waals surface area contributed by atoms with Crippen molar-refractivity contribution in [2.45, 2.75) is 31.8 Å². The summed E-state index contributed by atoms with van der Waals surface area (Å²) in [5, 5.41) is 6.45. The Balaban J connectivity index is 1.74. The van der Waals surface area contributed by atoms with Crippen LogP contribution < -0.4 is 9.64 Å². The minimum Gasteiger partial charge on any atom is -0.497 e. The van der Waals surface area contributed by atoms with Crippen LogP contribution in [0.5, 0.6) is 5.75 Å². The molecular formula is C17H22N3O2+. The summed E-state index contributed by atoms with van der Waals surface area (Å²) < 4.78 is 5.25. The van der Waals surface area contributed by atoms with Crippen LogP contribution in [0.15, 0.2) is 29.4 Å². The van der Waals surface area contributed by atoms with Gasteiger partial charge >= 0.3 is 0 Å². The third-order valence-electron chi connectivity index (χ3n) is 5.39. The summed E-state index contributed by atoms with van der Waals surface area (Å²) >= 11 is 0. The van der Waals surface area contributed by atoms with E-state index in [1.807, 2.05) is 12.1 Å². The molecule has 5 heteroatoms. The van der Waals surface area contributed by atoms with Crippen LogP contribution in [0.25, 0.3) is 0 Å². The van der Waals surface area contributed by atoms with Crippen LogP contribution in [0, 0.1) is 5.92 Å². The van der Waals surface area contributed by atoms with Crippen LogP contribution in [-0.4, -0.2) is 42.9 Å². The largest absolute Gasteiger partial charge is 0.497 e. The quantitative estimate of drug-likeness (QED) is 0.871. The lowest BCUT2D eigenvalue weighted by atomic mass is 9.78. The van der Waals surface area contributed by atoms with E-state index in [0.29, 0.717) is 12.0 Å². The summed E-state index contributed by atoms with van der Waals surface area (Å²) in [6.45, 7) is 4.02. The first-order valence-electron chi connectivity index (χ1n) is 8.05. The zero-order chi connectivity index (χ0) is 15.3. The maximum Gasteiger partial charge on any atom is 0.240 e. The van der Waals surface area contributed by atoms with Gasteiger partial charge in [0, 0.05) is 25.7 Å². The molecule has 4 heterocycles. The fourth-order valence-electron chi connectivity index (χ4n) is 4.32. The maximum absolute atomic E-state index is 12.1. The molecule has 1 N–H and O–H groups in total. The molecule has 1 aromatic carbocycles. The fraction of sp³-hybridized carbons (Fsp3) is 0.529. The summed E-state index contributed by atoms with van der Waals surface area (Å²) in [4.78, 5) is 13.7. The molecule has 4 aliphatic heterocycles. The molecule has 116 valence electrons. The number of carbonyl (C=O) groups is 1. The van der Waals surface area contributed by atoms with Crippen molar-refractivity contribution in [1.82, 2.24) is 5.01 Å². The molecule has 3 fully saturated rings. The standard InChI is InChI=1S/C17H21N3O2/c1-11(21)20-16(13-3-5-14(22-2)6-4-13)17-15(18-20)12-7-9-19(17)10-8-12/h3-6,12,16-17H,7-10H2,1-2H3/p+1/t16-,17+/m1/s1. The number of piperidine rings is 3. The number of nitrogens with zero attached hydrogens (tertiary/aromatic N) is 2. The lowest BCUT2D eigenvalue weighted by Crippen LogP contribution is -3.20. The van der Waals surface area contributed by atoms with Crippen molar-refractivity contribution in [3.05, 3.63) is 29.8 Å². The van der Waals surface area contributed by atoms with Crippen molar-refractivity contribution in [2.75, 3.05) is 20.2 Å². The van der Waals surface area contributed by atoms with Gasteiger partial charge in [-0.15, -0.1) is 0 Å². The van der Waals surface area contributed by atoms with Gasteiger partial charge in [-0.3, -0.25) is 4.79 Å². The van der Waals surface area contributed by atoms with Crippen LogP contribution in [0.1, 0.15) is 31.4 Å². The van der Waals surface area contributed by atoms with Gasteiger partial charge < -0.3 is 9.64 Å². The van der Waals surface area contributed by atoms with Crippen molar-refractivity contribution in [2.24, 2.45) is 11.0 Å². The summed E-state index contributed by atoms with van der Waals surface area (Å²) in [5.41, 5.74) is 2.41. The smallest absolute Gasteiger partial charge is 0.240 e. The highest BCUT2D eigenvalue weighted by Crippen LogP contribution is 2.36. The molecule has 22 heavy (non-hydrogen) atoms. The highest BCUT2D eigenvalue weighted by atomic mass is 16.5. The van der Waals surface area contributed by atoms with Crippen LogP contribution >= 0.6 is 0 Å². The Labute approximate surface area is 130 Å². The Morgan fingerprint density at radius 1 is 1.27 bits per heavy atom. The van der Waals surface area contributed by atoms with Gasteiger partial charge in [-0.2, -0.15) is 5.10 Å². The Morgan fingerprint density at radius 3 is 2.55 bits per heavy atom. The van der Waals surface area contributed by atoms with E-state index in [-0.39, 0.29) is 11.9 Å². The molecular weight excluding hydrogens is 278 g/mol. The molecule has 0 spiro atoms. The molecule has 0 radical (unpaired) electrons. The molecule has 5 rings (SSSR count). The first kappa shape index (κ1) is 13.8. The van der Waals surface area contributed by atoms with Gasteiger partial charge in [-0.1, -0.05) is 12.1 Å². The number of hydrazone groups is 1. The van der Waals surface area contributed by atoms with Gasteiger partial charge in [0.05, 0.1) is 20.2 Å². The molecule has 0 saturated carbocycles. The summed E-state index contributed by atoms with van der Waals surface area (Å²) in [5.74, 6) is 1.45. The summed E-state index contributed by atoms with van der Waals surface area (Å²) in [7, 11) is 1.67. The minimum absolute atomic E-state index is 0.0303. The number of hydrogen-bond donors (Lipinski definition) is 1. The van der Waals surface area contributed by atoms with E-state index in [2.05, 4.69) is 12.1 Å². The highest BCUT2D eigenvalue weighted by Gasteiger charge is 2.53. The molecule has 2 bridgehead atoms. The normalized spacial score (nSPS) is 32.6. The van der Waals surface area contributed by atoms with E-state index in [9.17, 15) is 4.79 Å². The van der Waals surface area contributed by atoms with Gasteiger partial charge in [0.2, 0.25) is 5.91 Å². The number of benzene rings is 1. The number of ether oxygens (including phenoxy) is 1. The average Bonchev–Trinajstić information content (AvgIpc) is 2.99. The number of amides is 1. The van der Waals surface area contributed by atoms with Gasteiger partial charge in [-0.25, -0.2) is 5.01 Å². The van der Waals surface area contributed by atoms with Crippen molar-refractivity contribution in [3.8, 4) is 5.75 Å². The molecule has 3 saturated heterocycles. The number of fused-ring (bicyclic) bond motifs is 2. The van der Waals surface area contributed by atoms with Crippen molar-refractivity contribution in [1.29, 1.82) is 0 Å². The van der Waals surface area contributed by atoms with Crippen LogP contribution in [-0.2, 0) is 4.79 Å². The monoisotopic (exact) mass is 300 g/mol. The predicted octanol–water partition coefficient (Wildman–Crippen LogP) is 0.631. The van der Waals surface area contributed by atoms with Crippen molar-refractivity contribution < 1.29 is 14.4 Å². The van der Waals surface area contributed by atoms with E-state index in [1.165, 1.54) is 31.6 Å². The predicted molar refractivity (Wildman–Crippen MR) is 82.9 cm³/mol. The zero-order valence-electron chi connectivity index (χ0n) is 13.1. The Kier molecular flexibility index (Phi) is 3.18. The first-order valence-corrected chi connectivity index (χ1v) is 8.05. The second-order valence-electron chi connectivity index (χ2n) is 6.52. The average molecular weight is 300 g/mol. The number of methoxy groups -OCH3 is 1. The van der Waals surface area contributed by atoms with E-state index >= 15 is 0 Å². The van der Waals surface area contributed by atoms with Gasteiger partial charge in [-0.05, 0) is 17.7 Å². The third kappa shape index (κ3) is 1.96. The second-order valence-corrected chi connectivity index (χ2v) is 6.52. The van der Waals surface area contributed by atoms with Gasteiger partial charge in [0.25, 0.3) is 0 Å². The SMILES string of the molecule is COc1ccc([C@@H]2[C@@H]3C(=NN2C(C)=O)C2CC[NH+]3CC2)cc1. The fourth-order valence-corrected chi connectivity index (χ4v) is 4.32. The molecule has 1 aromatic rings. The molecule has 0 aliphatic carbocycles. The molecule has 5 nitrogen and oxygen atoms in total. The highest BCUT2D eigenvalue weighted by molar-refractivity contribution is 5.95. The van der Waals surface area contributed by atoms with Crippen molar-refractivity contribution in [3.63, 3.8) is 0 Å². The Bertz CT molecular complexity index is 617. The van der Waals surface area contributed by atoms with Crippen LogP contribution in [0.2, 0.25) is 0 Å². The molecule has 4 aliphatic rings. The van der Waals surface area contributed by atoms with E-state index in [4.69, 9.17) is 9.84 Å². The number of carbonyl (C=O) groups excluding carboxylic acids is 1. The first-order chi connectivity index (χ1) is 10.7. The van der Waals surface area contributed by atoms with Gasteiger partial charge in [0.1, 0.15) is 17.5 Å². The van der Waals surface area contributed by atoms with E-state index in [1.54, 1.807) is 23.9 Å².